The molecule has 0 bridgehead atoms. The lowest BCUT2D eigenvalue weighted by Gasteiger charge is -2.00. The number of halogens is 1. The molecular weight excluding hydrogens is 167 g/mol. The van der Waals surface area contributed by atoms with Crippen molar-refractivity contribution in [3.63, 3.8) is 0 Å². The molecule has 68 valence electrons. The maximum atomic E-state index is 11.5. The third kappa shape index (κ3) is 10.2. The standard InChI is InChI=1S/C7H15FO2S/c8-2-1-4-10-5-7-11-6-3-9/h9H,1-7H2. The van der Waals surface area contributed by atoms with Gasteiger partial charge in [0.1, 0.15) is 0 Å². The molecule has 0 amide bonds. The van der Waals surface area contributed by atoms with E-state index in [2.05, 4.69) is 0 Å². The van der Waals surface area contributed by atoms with Gasteiger partial charge in [-0.05, 0) is 6.42 Å². The Balaban J connectivity index is 2.69. The molecule has 0 radical (unpaired) electrons. The van der Waals surface area contributed by atoms with Crippen molar-refractivity contribution in [2.45, 2.75) is 6.42 Å². The van der Waals surface area contributed by atoms with Gasteiger partial charge in [-0.15, -0.1) is 0 Å². The van der Waals surface area contributed by atoms with Crippen molar-refractivity contribution in [3.05, 3.63) is 0 Å². The highest BCUT2D eigenvalue weighted by atomic mass is 32.2. The number of ether oxygens (including phenoxy) is 1. The van der Waals surface area contributed by atoms with Crippen LogP contribution in [0, 0.1) is 0 Å². The number of rotatable bonds is 8. The van der Waals surface area contributed by atoms with Crippen LogP contribution in [-0.2, 0) is 4.74 Å². The van der Waals surface area contributed by atoms with Gasteiger partial charge in [-0.2, -0.15) is 11.8 Å². The monoisotopic (exact) mass is 182 g/mol. The molecule has 0 aromatic rings. The molecule has 0 rings (SSSR count). The first-order valence-corrected chi connectivity index (χ1v) is 4.89. The fourth-order valence-electron chi connectivity index (χ4n) is 0.543. The summed E-state index contributed by atoms with van der Waals surface area (Å²) in [4.78, 5) is 0. The Bertz CT molecular complexity index is 65.5. The van der Waals surface area contributed by atoms with Gasteiger partial charge in [0.05, 0.1) is 19.9 Å². The molecule has 0 aliphatic heterocycles. The molecule has 0 atom stereocenters. The molecule has 0 aromatic heterocycles. The average molecular weight is 182 g/mol. The Morgan fingerprint density at radius 3 is 2.73 bits per heavy atom. The quantitative estimate of drug-likeness (QED) is 0.570. The highest BCUT2D eigenvalue weighted by Gasteiger charge is 1.89. The van der Waals surface area contributed by atoms with Crippen LogP contribution in [-0.4, -0.2) is 43.1 Å². The van der Waals surface area contributed by atoms with Crippen LogP contribution >= 0.6 is 11.8 Å². The Morgan fingerprint density at radius 2 is 2.09 bits per heavy atom. The van der Waals surface area contributed by atoms with Crippen molar-refractivity contribution in [1.82, 2.24) is 0 Å². The molecule has 4 heteroatoms. The molecule has 0 aliphatic carbocycles. The Morgan fingerprint density at radius 1 is 1.27 bits per heavy atom. The summed E-state index contributed by atoms with van der Waals surface area (Å²) in [6.07, 6.45) is 0.491. The van der Waals surface area contributed by atoms with Crippen LogP contribution in [0.4, 0.5) is 4.39 Å². The van der Waals surface area contributed by atoms with Gasteiger partial charge >= 0.3 is 0 Å². The van der Waals surface area contributed by atoms with E-state index in [1.54, 1.807) is 11.8 Å². The Labute approximate surface area is 71.1 Å². The molecule has 0 spiro atoms. The summed E-state index contributed by atoms with van der Waals surface area (Å²) in [5.74, 6) is 1.64. The van der Waals surface area contributed by atoms with E-state index < -0.39 is 0 Å². The molecule has 2 nitrogen and oxygen atoms in total. The summed E-state index contributed by atoms with van der Waals surface area (Å²) < 4.78 is 16.6. The van der Waals surface area contributed by atoms with Crippen LogP contribution in [0.15, 0.2) is 0 Å². The van der Waals surface area contributed by atoms with E-state index in [1.165, 1.54) is 0 Å². The van der Waals surface area contributed by atoms with Crippen molar-refractivity contribution in [2.75, 3.05) is 38.0 Å². The summed E-state index contributed by atoms with van der Waals surface area (Å²) in [6, 6.07) is 0. The van der Waals surface area contributed by atoms with Crippen LogP contribution in [0.5, 0.6) is 0 Å². The fourth-order valence-corrected chi connectivity index (χ4v) is 1.11. The van der Waals surface area contributed by atoms with Crippen LogP contribution in [0.1, 0.15) is 6.42 Å². The van der Waals surface area contributed by atoms with Gasteiger partial charge in [0.15, 0.2) is 0 Å². The van der Waals surface area contributed by atoms with E-state index in [-0.39, 0.29) is 13.3 Å². The summed E-state index contributed by atoms with van der Waals surface area (Å²) in [5.41, 5.74) is 0. The lowest BCUT2D eigenvalue weighted by Crippen LogP contribution is -2.01. The number of alkyl halides is 1. The third-order valence-electron chi connectivity index (χ3n) is 1.03. The second-order valence-corrected chi connectivity index (χ2v) is 3.22. The molecular formula is C7H15FO2S. The fraction of sp³-hybridized carbons (Fsp3) is 1.00. The summed E-state index contributed by atoms with van der Waals surface area (Å²) in [6.45, 7) is 1.08. The molecule has 1 N–H and O–H groups in total. The van der Waals surface area contributed by atoms with Gasteiger partial charge in [0.25, 0.3) is 0 Å². The van der Waals surface area contributed by atoms with Crippen LogP contribution in [0.25, 0.3) is 0 Å². The van der Waals surface area contributed by atoms with E-state index in [4.69, 9.17) is 9.84 Å². The Kier molecular flexibility index (Phi) is 10.4. The first-order valence-electron chi connectivity index (χ1n) is 3.74. The summed E-state index contributed by atoms with van der Waals surface area (Å²) in [7, 11) is 0. The zero-order valence-corrected chi connectivity index (χ0v) is 7.41. The molecule has 11 heavy (non-hydrogen) atoms. The van der Waals surface area contributed by atoms with Gasteiger partial charge in [-0.1, -0.05) is 0 Å². The lowest BCUT2D eigenvalue weighted by molar-refractivity contribution is 0.141. The second-order valence-electron chi connectivity index (χ2n) is 1.99. The van der Waals surface area contributed by atoms with Crippen molar-refractivity contribution < 1.29 is 14.2 Å². The van der Waals surface area contributed by atoms with Gasteiger partial charge in [-0.25, -0.2) is 0 Å². The lowest BCUT2D eigenvalue weighted by atomic mass is 10.5. The van der Waals surface area contributed by atoms with Gasteiger partial charge in [0, 0.05) is 18.1 Å². The zero-order chi connectivity index (χ0) is 8.36. The molecule has 0 aliphatic rings. The zero-order valence-electron chi connectivity index (χ0n) is 6.59. The summed E-state index contributed by atoms with van der Waals surface area (Å²) in [5, 5.41) is 8.40. The second kappa shape index (κ2) is 10.2. The van der Waals surface area contributed by atoms with Crippen LogP contribution < -0.4 is 0 Å². The predicted molar refractivity (Wildman–Crippen MR) is 45.8 cm³/mol. The third-order valence-corrected chi connectivity index (χ3v) is 1.96. The number of aliphatic hydroxyl groups excluding tert-OH is 1. The SMILES string of the molecule is OCCSCCOCCCF. The molecule has 0 saturated heterocycles. The minimum Gasteiger partial charge on any atom is -0.396 e. The largest absolute Gasteiger partial charge is 0.396 e. The highest BCUT2D eigenvalue weighted by molar-refractivity contribution is 7.99. The normalized spacial score (nSPS) is 10.4. The minimum atomic E-state index is -0.302. The van der Waals surface area contributed by atoms with E-state index in [1.807, 2.05) is 0 Å². The van der Waals surface area contributed by atoms with Gasteiger partial charge in [-0.3, -0.25) is 4.39 Å². The van der Waals surface area contributed by atoms with E-state index in [9.17, 15) is 4.39 Å². The molecule has 0 aromatic carbocycles. The van der Waals surface area contributed by atoms with Gasteiger partial charge < -0.3 is 9.84 Å². The first kappa shape index (κ1) is 11.2. The average Bonchev–Trinajstić information content (AvgIpc) is 2.03. The van der Waals surface area contributed by atoms with Crippen LogP contribution in [0.2, 0.25) is 0 Å². The van der Waals surface area contributed by atoms with Crippen molar-refractivity contribution in [2.24, 2.45) is 0 Å². The van der Waals surface area contributed by atoms with Crippen LogP contribution in [0.3, 0.4) is 0 Å². The van der Waals surface area contributed by atoms with Crippen molar-refractivity contribution in [1.29, 1.82) is 0 Å². The van der Waals surface area contributed by atoms with Crippen molar-refractivity contribution >= 4 is 11.8 Å². The topological polar surface area (TPSA) is 29.5 Å². The smallest absolute Gasteiger partial charge is 0.0916 e. The summed E-state index contributed by atoms with van der Waals surface area (Å²) >= 11 is 1.64. The number of thioether (sulfide) groups is 1. The predicted octanol–water partition coefficient (Wildman–Crippen LogP) is 1.09. The Hall–Kier alpha value is 0.200. The van der Waals surface area contributed by atoms with E-state index in [0.717, 1.165) is 11.5 Å². The maximum absolute atomic E-state index is 11.5. The molecule has 0 heterocycles. The van der Waals surface area contributed by atoms with Gasteiger partial charge in [0.2, 0.25) is 0 Å². The minimum absolute atomic E-state index is 0.217. The number of aliphatic hydroxyl groups is 1. The first-order chi connectivity index (χ1) is 5.41. The van der Waals surface area contributed by atoms with E-state index in [0.29, 0.717) is 19.6 Å². The molecule has 0 unspecified atom stereocenters. The molecule has 0 fully saturated rings. The molecule has 0 saturated carbocycles. The number of hydrogen-bond acceptors (Lipinski definition) is 3. The van der Waals surface area contributed by atoms with Crippen molar-refractivity contribution in [3.8, 4) is 0 Å². The highest BCUT2D eigenvalue weighted by Crippen LogP contribution is 1.97. The maximum Gasteiger partial charge on any atom is 0.0916 e. The van der Waals surface area contributed by atoms with E-state index >= 15 is 0 Å². The number of hydrogen-bond donors (Lipinski definition) is 1.